The third-order valence-corrected chi connectivity index (χ3v) is 3.18. The van der Waals surface area contributed by atoms with Gasteiger partial charge in [0.15, 0.2) is 6.29 Å². The summed E-state index contributed by atoms with van der Waals surface area (Å²) < 4.78 is 42.2. The number of hydrogen-bond acceptors (Lipinski definition) is 5. The van der Waals surface area contributed by atoms with Gasteiger partial charge in [0.2, 0.25) is 0 Å². The normalized spacial score (nSPS) is 10.8. The molecule has 1 rings (SSSR count). The Bertz CT molecular complexity index is 594. The molecule has 0 fully saturated rings. The maximum absolute atomic E-state index is 12.5. The minimum atomic E-state index is -4.57. The Morgan fingerprint density at radius 2 is 2.14 bits per heavy atom. The van der Waals surface area contributed by atoms with Gasteiger partial charge in [-0.2, -0.15) is 18.4 Å². The Morgan fingerprint density at radius 3 is 2.62 bits per heavy atom. The van der Waals surface area contributed by atoms with Gasteiger partial charge in [-0.15, -0.1) is 0 Å². The first-order valence-electron chi connectivity index (χ1n) is 5.74. The number of halogens is 3. The second-order valence-corrected chi connectivity index (χ2v) is 4.91. The fourth-order valence-corrected chi connectivity index (χ4v) is 2.25. The predicted octanol–water partition coefficient (Wildman–Crippen LogP) is 3.09. The molecule has 1 aromatic rings. The zero-order valence-electron chi connectivity index (χ0n) is 10.9. The van der Waals surface area contributed by atoms with Crippen LogP contribution in [0.15, 0.2) is 17.0 Å². The van der Waals surface area contributed by atoms with Gasteiger partial charge in [-0.05, 0) is 36.4 Å². The molecule has 0 amide bonds. The Hall–Kier alpha value is -2.01. The van der Waals surface area contributed by atoms with E-state index < -0.39 is 29.7 Å². The van der Waals surface area contributed by atoms with Crippen molar-refractivity contribution in [2.24, 2.45) is 0 Å². The highest BCUT2D eigenvalue weighted by atomic mass is 32.2. The van der Waals surface area contributed by atoms with E-state index in [1.807, 2.05) is 0 Å². The lowest BCUT2D eigenvalue weighted by Gasteiger charge is -2.12. The average molecular weight is 317 g/mol. The summed E-state index contributed by atoms with van der Waals surface area (Å²) in [6.45, 7) is 1.66. The number of thioether (sulfide) groups is 1. The number of carbonyl (C=O) groups is 2. The molecule has 0 saturated heterocycles. The predicted molar refractivity (Wildman–Crippen MR) is 68.8 cm³/mol. The molecule has 0 bridgehead atoms. The van der Waals surface area contributed by atoms with E-state index in [1.54, 1.807) is 13.0 Å². The summed E-state index contributed by atoms with van der Waals surface area (Å²) in [4.78, 5) is 22.0. The van der Waals surface area contributed by atoms with Gasteiger partial charge in [0.25, 0.3) is 0 Å². The zero-order valence-corrected chi connectivity index (χ0v) is 11.7. The van der Waals surface area contributed by atoms with E-state index in [4.69, 9.17) is 5.26 Å². The molecule has 0 aliphatic carbocycles. The van der Waals surface area contributed by atoms with Gasteiger partial charge >= 0.3 is 11.5 Å². The summed E-state index contributed by atoms with van der Waals surface area (Å²) in [6.07, 6.45) is -0.0476. The lowest BCUT2D eigenvalue weighted by atomic mass is 10.0. The Morgan fingerprint density at radius 1 is 1.48 bits per heavy atom. The van der Waals surface area contributed by atoms with Gasteiger partial charge in [0.1, 0.15) is 0 Å². The first kappa shape index (κ1) is 17.0. The SMILES string of the molecule is CCOC(=O)Cc1cc(C=O)c(C#N)cc1SC(F)(F)F. The maximum Gasteiger partial charge on any atom is 0.446 e. The number of aldehydes is 1. The molecule has 4 nitrogen and oxygen atoms in total. The topological polar surface area (TPSA) is 67.2 Å². The number of hydrogen-bond donors (Lipinski definition) is 0. The van der Waals surface area contributed by atoms with Crippen LogP contribution in [0.4, 0.5) is 13.2 Å². The van der Waals surface area contributed by atoms with Gasteiger partial charge in [0.05, 0.1) is 24.7 Å². The van der Waals surface area contributed by atoms with E-state index in [2.05, 4.69) is 4.74 Å². The number of carbonyl (C=O) groups excluding carboxylic acids is 2. The molecule has 0 saturated carbocycles. The van der Waals surface area contributed by atoms with Crippen molar-refractivity contribution >= 4 is 24.0 Å². The van der Waals surface area contributed by atoms with E-state index in [9.17, 15) is 22.8 Å². The van der Waals surface area contributed by atoms with Crippen LogP contribution in [-0.2, 0) is 16.0 Å². The van der Waals surface area contributed by atoms with E-state index >= 15 is 0 Å². The number of benzene rings is 1. The van der Waals surface area contributed by atoms with Crippen molar-refractivity contribution in [3.63, 3.8) is 0 Å². The van der Waals surface area contributed by atoms with Gasteiger partial charge in [-0.25, -0.2) is 0 Å². The van der Waals surface area contributed by atoms with E-state index in [0.29, 0.717) is 6.29 Å². The molecule has 0 unspecified atom stereocenters. The molecule has 8 heteroatoms. The zero-order chi connectivity index (χ0) is 16.0. The second kappa shape index (κ2) is 7.13. The summed E-state index contributed by atoms with van der Waals surface area (Å²) in [5.74, 6) is -0.705. The van der Waals surface area contributed by atoms with Crippen molar-refractivity contribution in [1.29, 1.82) is 5.26 Å². The molecule has 0 aliphatic rings. The molecule has 0 atom stereocenters. The molecular weight excluding hydrogens is 307 g/mol. The lowest BCUT2D eigenvalue weighted by molar-refractivity contribution is -0.142. The molecule has 1 aromatic carbocycles. The van der Waals surface area contributed by atoms with Gasteiger partial charge in [0, 0.05) is 10.5 Å². The fourth-order valence-electron chi connectivity index (χ4n) is 1.56. The number of esters is 1. The Balaban J connectivity index is 3.26. The lowest BCUT2D eigenvalue weighted by Crippen LogP contribution is -2.10. The van der Waals surface area contributed by atoms with E-state index in [0.717, 1.165) is 12.1 Å². The largest absolute Gasteiger partial charge is 0.466 e. The summed E-state index contributed by atoms with van der Waals surface area (Å²) in [5.41, 5.74) is -4.82. The Labute approximate surface area is 122 Å². The molecule has 21 heavy (non-hydrogen) atoms. The quantitative estimate of drug-likeness (QED) is 0.474. The van der Waals surface area contributed by atoms with Crippen molar-refractivity contribution in [2.45, 2.75) is 23.7 Å². The maximum atomic E-state index is 12.5. The van der Waals surface area contributed by atoms with Crippen molar-refractivity contribution in [1.82, 2.24) is 0 Å². The van der Waals surface area contributed by atoms with Crippen molar-refractivity contribution in [3.8, 4) is 6.07 Å². The number of rotatable bonds is 5. The third kappa shape index (κ3) is 5.11. The van der Waals surface area contributed by atoms with Crippen LogP contribution in [0.5, 0.6) is 0 Å². The Kier molecular flexibility index (Phi) is 5.79. The summed E-state index contributed by atoms with van der Waals surface area (Å²) >= 11 is -0.439. The molecule has 0 radical (unpaired) electrons. The first-order chi connectivity index (χ1) is 9.80. The molecule has 0 heterocycles. The summed E-state index contributed by atoms with van der Waals surface area (Å²) in [6, 6.07) is 3.71. The summed E-state index contributed by atoms with van der Waals surface area (Å²) in [5, 5.41) is 8.84. The number of alkyl halides is 3. The monoisotopic (exact) mass is 317 g/mol. The van der Waals surface area contributed by atoms with Crippen LogP contribution >= 0.6 is 11.8 Å². The highest BCUT2D eigenvalue weighted by Gasteiger charge is 2.31. The van der Waals surface area contributed by atoms with E-state index in [1.165, 1.54) is 0 Å². The third-order valence-electron chi connectivity index (χ3n) is 2.35. The highest BCUT2D eigenvalue weighted by Crippen LogP contribution is 2.39. The van der Waals surface area contributed by atoms with Gasteiger partial charge in [-0.1, -0.05) is 0 Å². The van der Waals surface area contributed by atoms with Crippen LogP contribution in [0, 0.1) is 11.3 Å². The van der Waals surface area contributed by atoms with Crippen LogP contribution in [0.1, 0.15) is 28.4 Å². The molecule has 0 N–H and O–H groups in total. The molecule has 0 aromatic heterocycles. The molecule has 0 aliphatic heterocycles. The van der Waals surface area contributed by atoms with Crippen LogP contribution in [-0.4, -0.2) is 24.4 Å². The smallest absolute Gasteiger partial charge is 0.446 e. The average Bonchev–Trinajstić information content (AvgIpc) is 2.38. The van der Waals surface area contributed by atoms with Gasteiger partial charge in [-0.3, -0.25) is 9.59 Å². The van der Waals surface area contributed by atoms with Crippen LogP contribution in [0.3, 0.4) is 0 Å². The minimum absolute atomic E-state index is 0.00289. The minimum Gasteiger partial charge on any atom is -0.466 e. The number of ether oxygens (including phenoxy) is 1. The number of nitriles is 1. The van der Waals surface area contributed by atoms with Crippen LogP contribution in [0.25, 0.3) is 0 Å². The molecular formula is C13H10F3NO3S. The van der Waals surface area contributed by atoms with Gasteiger partial charge < -0.3 is 4.74 Å². The molecule has 112 valence electrons. The van der Waals surface area contributed by atoms with Crippen molar-refractivity contribution in [3.05, 3.63) is 28.8 Å². The molecule has 0 spiro atoms. The fraction of sp³-hybridized carbons (Fsp3) is 0.308. The van der Waals surface area contributed by atoms with Crippen LogP contribution in [0.2, 0.25) is 0 Å². The second-order valence-electron chi connectivity index (χ2n) is 3.81. The standard InChI is InChI=1S/C13H10F3NO3S/c1-2-20-12(19)5-8-3-10(7-18)9(6-17)4-11(8)21-13(14,15)16/h3-4,7H,2,5H2,1H3. The summed E-state index contributed by atoms with van der Waals surface area (Å²) in [7, 11) is 0. The van der Waals surface area contributed by atoms with Crippen molar-refractivity contribution in [2.75, 3.05) is 6.61 Å². The highest BCUT2D eigenvalue weighted by molar-refractivity contribution is 8.00. The van der Waals surface area contributed by atoms with E-state index in [-0.39, 0.29) is 28.2 Å². The number of nitrogens with zero attached hydrogens (tertiary/aromatic N) is 1. The van der Waals surface area contributed by atoms with Crippen molar-refractivity contribution < 1.29 is 27.5 Å². The van der Waals surface area contributed by atoms with Crippen LogP contribution < -0.4 is 0 Å². The first-order valence-corrected chi connectivity index (χ1v) is 6.56.